The van der Waals surface area contributed by atoms with E-state index in [9.17, 15) is 4.79 Å². The Morgan fingerprint density at radius 1 is 1.14 bits per heavy atom. The molecule has 1 amide bonds. The molecule has 4 fully saturated rings. The molecule has 1 aromatic heterocycles. The van der Waals surface area contributed by atoms with Gasteiger partial charge in [0, 0.05) is 30.4 Å². The van der Waals surface area contributed by atoms with Crippen LogP contribution in [0.4, 0.5) is 0 Å². The number of likely N-dealkylation sites (tertiary alicyclic amines) is 2. The van der Waals surface area contributed by atoms with Gasteiger partial charge in [0.15, 0.2) is 0 Å². The number of furan rings is 1. The van der Waals surface area contributed by atoms with E-state index in [-0.39, 0.29) is 11.6 Å². The van der Waals surface area contributed by atoms with E-state index in [0.29, 0.717) is 17.9 Å². The molecule has 0 N–H and O–H groups in total. The molecule has 0 saturated carbocycles. The minimum Gasteiger partial charge on any atom is -0.459 e. The molecule has 0 bridgehead atoms. The second kappa shape index (κ2) is 6.07. The van der Waals surface area contributed by atoms with E-state index < -0.39 is 0 Å². The molecule has 6 rings (SSSR count). The Labute approximate surface area is 166 Å². The van der Waals surface area contributed by atoms with Gasteiger partial charge in [-0.2, -0.15) is 0 Å². The fraction of sp³-hybridized carbons (Fsp3) is 0.609. The van der Waals surface area contributed by atoms with Crippen molar-refractivity contribution in [3.05, 3.63) is 36.1 Å². The first-order chi connectivity index (χ1) is 13.7. The number of fused-ring (bicyclic) bond motifs is 1. The maximum atomic E-state index is 13.8. The number of para-hydroxylation sites is 1. The highest BCUT2D eigenvalue weighted by atomic mass is 16.3. The number of benzene rings is 1. The van der Waals surface area contributed by atoms with Crippen molar-refractivity contribution in [2.24, 2.45) is 5.92 Å². The van der Waals surface area contributed by atoms with Crippen LogP contribution < -0.4 is 0 Å². The average molecular weight is 380 g/mol. The molecule has 0 aliphatic carbocycles. The summed E-state index contributed by atoms with van der Waals surface area (Å²) < 4.78 is 6.24. The van der Waals surface area contributed by atoms with Gasteiger partial charge in [-0.05, 0) is 64.4 Å². The number of hydrogen-bond donors (Lipinski definition) is 0. The van der Waals surface area contributed by atoms with Crippen molar-refractivity contribution >= 4 is 16.9 Å². The summed E-state index contributed by atoms with van der Waals surface area (Å²) in [7, 11) is 2.19. The molecule has 3 atom stereocenters. The van der Waals surface area contributed by atoms with Gasteiger partial charge in [-0.25, -0.2) is 0 Å². The molecule has 5 nitrogen and oxygen atoms in total. The summed E-state index contributed by atoms with van der Waals surface area (Å²) in [6, 6.07) is 11.1. The van der Waals surface area contributed by atoms with Crippen LogP contribution in [0, 0.1) is 5.92 Å². The highest BCUT2D eigenvalue weighted by Crippen LogP contribution is 2.56. The summed E-state index contributed by atoms with van der Waals surface area (Å²) in [6.45, 7) is 4.18. The van der Waals surface area contributed by atoms with E-state index in [1.807, 2.05) is 12.1 Å². The molecule has 148 valence electrons. The van der Waals surface area contributed by atoms with Gasteiger partial charge in [-0.15, -0.1) is 0 Å². The zero-order valence-corrected chi connectivity index (χ0v) is 16.6. The van der Waals surface area contributed by atoms with Gasteiger partial charge in [0.2, 0.25) is 5.91 Å². The Balaban J connectivity index is 1.31. The Morgan fingerprint density at radius 2 is 1.96 bits per heavy atom. The van der Waals surface area contributed by atoms with Crippen molar-refractivity contribution in [2.45, 2.75) is 49.7 Å². The molecule has 4 aliphatic rings. The van der Waals surface area contributed by atoms with Crippen LogP contribution in [-0.4, -0.2) is 65.4 Å². The van der Waals surface area contributed by atoms with Crippen LogP contribution in [0.2, 0.25) is 0 Å². The molecule has 5 heterocycles. The van der Waals surface area contributed by atoms with Gasteiger partial charge in [0.05, 0.1) is 6.04 Å². The zero-order valence-electron chi connectivity index (χ0n) is 16.6. The van der Waals surface area contributed by atoms with E-state index in [2.05, 4.69) is 39.9 Å². The maximum Gasteiger partial charge on any atom is 0.243 e. The van der Waals surface area contributed by atoms with Crippen LogP contribution in [0.5, 0.6) is 0 Å². The van der Waals surface area contributed by atoms with Crippen LogP contribution in [0.15, 0.2) is 34.7 Å². The fourth-order valence-corrected chi connectivity index (χ4v) is 6.58. The standard InChI is InChI=1S/C23H29N3O2/c1-24-11-7-18(8-12-24)25-15-17-14-19(26-10-4-9-23(17,26)22(25)27)21-13-16-5-2-3-6-20(16)28-21/h2-3,5-6,13,17-19H,4,7-12,14-15H2,1H3/t17-,19-,23-/m0/s1. The molecule has 4 saturated heterocycles. The van der Waals surface area contributed by atoms with E-state index in [4.69, 9.17) is 4.42 Å². The normalized spacial score (nSPS) is 34.5. The minimum atomic E-state index is -0.257. The molecule has 28 heavy (non-hydrogen) atoms. The number of carbonyl (C=O) groups excluding carboxylic acids is 1. The highest BCUT2D eigenvalue weighted by molar-refractivity contribution is 5.90. The molecule has 2 aromatic rings. The first-order valence-electron chi connectivity index (χ1n) is 10.9. The van der Waals surface area contributed by atoms with Gasteiger partial charge in [-0.3, -0.25) is 9.69 Å². The lowest BCUT2D eigenvalue weighted by atomic mass is 9.85. The Hall–Kier alpha value is -1.85. The predicted molar refractivity (Wildman–Crippen MR) is 108 cm³/mol. The van der Waals surface area contributed by atoms with E-state index >= 15 is 0 Å². The van der Waals surface area contributed by atoms with Crippen molar-refractivity contribution in [1.82, 2.24) is 14.7 Å². The number of carbonyl (C=O) groups is 1. The Kier molecular flexibility index (Phi) is 3.70. The second-order valence-corrected chi connectivity index (χ2v) is 9.35. The molecule has 4 aliphatic heterocycles. The van der Waals surface area contributed by atoms with Gasteiger partial charge in [-0.1, -0.05) is 18.2 Å². The summed E-state index contributed by atoms with van der Waals surface area (Å²) in [6.07, 6.45) is 5.45. The molecular formula is C23H29N3O2. The van der Waals surface area contributed by atoms with Crippen LogP contribution in [-0.2, 0) is 4.79 Å². The van der Waals surface area contributed by atoms with Crippen molar-refractivity contribution in [2.75, 3.05) is 33.2 Å². The molecule has 0 unspecified atom stereocenters. The minimum absolute atomic E-state index is 0.253. The van der Waals surface area contributed by atoms with Gasteiger partial charge in [0.1, 0.15) is 16.9 Å². The highest BCUT2D eigenvalue weighted by Gasteiger charge is 2.66. The van der Waals surface area contributed by atoms with E-state index in [1.165, 1.54) is 5.39 Å². The number of nitrogens with zero attached hydrogens (tertiary/aromatic N) is 3. The first-order valence-corrected chi connectivity index (χ1v) is 10.9. The topological polar surface area (TPSA) is 39.9 Å². The third-order valence-electron chi connectivity index (χ3n) is 7.98. The second-order valence-electron chi connectivity index (χ2n) is 9.35. The first kappa shape index (κ1) is 17.0. The molecule has 1 aromatic carbocycles. The summed E-state index contributed by atoms with van der Waals surface area (Å²) in [5.74, 6) is 1.92. The lowest BCUT2D eigenvalue weighted by Gasteiger charge is -2.38. The fourth-order valence-electron chi connectivity index (χ4n) is 6.58. The quantitative estimate of drug-likeness (QED) is 0.803. The SMILES string of the molecule is CN1CCC(N2C[C@@H]3C[C@@H](c4cc5ccccc5o4)N4CCC[C@@]34C2=O)CC1. The average Bonchev–Trinajstić information content (AvgIpc) is 3.43. The monoisotopic (exact) mass is 379 g/mol. The van der Waals surface area contributed by atoms with Crippen LogP contribution in [0.1, 0.15) is 43.9 Å². The number of rotatable bonds is 2. The van der Waals surface area contributed by atoms with Crippen molar-refractivity contribution in [3.63, 3.8) is 0 Å². The Bertz CT molecular complexity index is 882. The van der Waals surface area contributed by atoms with Gasteiger partial charge >= 0.3 is 0 Å². The predicted octanol–water partition coefficient (Wildman–Crippen LogP) is 3.26. The van der Waals surface area contributed by atoms with Crippen LogP contribution >= 0.6 is 0 Å². The van der Waals surface area contributed by atoms with Crippen LogP contribution in [0.25, 0.3) is 11.0 Å². The van der Waals surface area contributed by atoms with E-state index in [1.54, 1.807) is 0 Å². The summed E-state index contributed by atoms with van der Waals surface area (Å²) in [5, 5.41) is 1.17. The molecule has 5 heteroatoms. The molecule has 0 radical (unpaired) electrons. The summed E-state index contributed by atoms with van der Waals surface area (Å²) >= 11 is 0. The maximum absolute atomic E-state index is 13.8. The van der Waals surface area contributed by atoms with Gasteiger partial charge in [0.25, 0.3) is 0 Å². The third-order valence-corrected chi connectivity index (χ3v) is 7.98. The number of hydrogen-bond acceptors (Lipinski definition) is 4. The third kappa shape index (κ3) is 2.23. The smallest absolute Gasteiger partial charge is 0.243 e. The van der Waals surface area contributed by atoms with Crippen molar-refractivity contribution in [1.29, 1.82) is 0 Å². The summed E-state index contributed by atoms with van der Waals surface area (Å²) in [4.78, 5) is 20.9. The van der Waals surface area contributed by atoms with Crippen molar-refractivity contribution in [3.8, 4) is 0 Å². The largest absolute Gasteiger partial charge is 0.459 e. The molecular weight excluding hydrogens is 350 g/mol. The van der Waals surface area contributed by atoms with E-state index in [0.717, 1.165) is 69.6 Å². The number of amides is 1. The van der Waals surface area contributed by atoms with Crippen molar-refractivity contribution < 1.29 is 9.21 Å². The lowest BCUT2D eigenvalue weighted by Crippen LogP contribution is -2.52. The molecule has 1 spiro atoms. The van der Waals surface area contributed by atoms with Gasteiger partial charge < -0.3 is 14.2 Å². The number of piperidine rings is 1. The van der Waals surface area contributed by atoms with Crippen LogP contribution in [0.3, 0.4) is 0 Å². The lowest BCUT2D eigenvalue weighted by molar-refractivity contribution is -0.139. The summed E-state index contributed by atoms with van der Waals surface area (Å²) in [5.41, 5.74) is 0.703. The Morgan fingerprint density at radius 3 is 2.79 bits per heavy atom. The zero-order chi connectivity index (χ0) is 18.9.